The second-order valence-electron chi connectivity index (χ2n) is 17.2. The lowest BCUT2D eigenvalue weighted by Crippen LogP contribution is -2.32. The molecule has 0 saturated heterocycles. The maximum atomic E-state index is 11.8. The van der Waals surface area contributed by atoms with Crippen molar-refractivity contribution in [1.82, 2.24) is 24.1 Å². The van der Waals surface area contributed by atoms with E-state index in [0.717, 1.165) is 88.2 Å². The van der Waals surface area contributed by atoms with Gasteiger partial charge in [-0.05, 0) is 52.0 Å². The van der Waals surface area contributed by atoms with Gasteiger partial charge in [-0.25, -0.2) is 4.98 Å². The molecule has 12 aromatic rings. The second kappa shape index (κ2) is 15.8. The second-order valence-corrected chi connectivity index (χ2v) is 17.2. The van der Waals surface area contributed by atoms with Crippen molar-refractivity contribution in [3.05, 3.63) is 194 Å². The standard InChI is InChI=1S/C57H40B3N5O2/c58-48-47(53(66)49(59)50(60)54(48)67)37-27-28-39(34-17-6-2-7-18-34)46(32-37)64-44-25-12-10-23-40(44)42-29-30-43-41-24-11-13-26-45(41)65(52(43)51(42)64)57-62-55(35-19-8-3-9-20-35)61-56(63-57)38-22-14-21-36(31-38)33-15-4-1-5-16-33/h1-32,66-67H,58-60H2. The molecule has 3 aromatic heterocycles. The van der Waals surface area contributed by atoms with Gasteiger partial charge in [-0.1, -0.05) is 181 Å². The third-order valence-corrected chi connectivity index (χ3v) is 13.4. The molecule has 0 radical (unpaired) electrons. The number of nitrogens with zero attached hydrogens (tertiary/aromatic N) is 5. The maximum Gasteiger partial charge on any atom is 0.238 e. The Balaban J connectivity index is 1.22. The van der Waals surface area contributed by atoms with Crippen LogP contribution in [0.25, 0.3) is 111 Å². The quantitative estimate of drug-likeness (QED) is 0.124. The number of hydrogen-bond donors (Lipinski definition) is 2. The van der Waals surface area contributed by atoms with Crippen molar-refractivity contribution in [2.45, 2.75) is 0 Å². The van der Waals surface area contributed by atoms with E-state index in [-0.39, 0.29) is 11.5 Å². The highest BCUT2D eigenvalue weighted by molar-refractivity contribution is 6.54. The molecular weight excluding hydrogens is 819 g/mol. The Hall–Kier alpha value is -8.62. The van der Waals surface area contributed by atoms with Crippen LogP contribution in [0.2, 0.25) is 0 Å². The zero-order chi connectivity index (χ0) is 45.3. The number of aromatic nitrogens is 5. The summed E-state index contributed by atoms with van der Waals surface area (Å²) in [6.07, 6.45) is 0. The molecule has 12 rings (SSSR count). The SMILES string of the molecule is Bc1c(B)c(O)c(-c2ccc(-c3ccccc3)c(-n3c4ccccc4c4ccc5c6ccccc6n(-c6nc(-c7ccccc7)nc(-c7cccc(-c8ccccc8)c7)n6)c5c43)c2)c(B)c1O. The minimum absolute atomic E-state index is 0.158. The summed E-state index contributed by atoms with van der Waals surface area (Å²) in [5.74, 6) is 1.96. The summed E-state index contributed by atoms with van der Waals surface area (Å²) in [6, 6.07) is 67.1. The Morgan fingerprint density at radius 1 is 0.358 bits per heavy atom. The van der Waals surface area contributed by atoms with Crippen LogP contribution in [0.1, 0.15) is 0 Å². The first kappa shape index (κ1) is 39.9. The van der Waals surface area contributed by atoms with Gasteiger partial charge in [0.1, 0.15) is 35.0 Å². The number of rotatable bonds is 7. The lowest BCUT2D eigenvalue weighted by molar-refractivity contribution is 0.472. The van der Waals surface area contributed by atoms with Gasteiger partial charge in [0, 0.05) is 43.8 Å². The molecule has 3 heterocycles. The van der Waals surface area contributed by atoms with Crippen LogP contribution < -0.4 is 16.4 Å². The summed E-state index contributed by atoms with van der Waals surface area (Å²) in [7, 11) is 5.56. The Morgan fingerprint density at radius 3 is 1.52 bits per heavy atom. The molecule has 0 spiro atoms. The molecule has 0 aliphatic heterocycles. The van der Waals surface area contributed by atoms with Crippen LogP contribution in [0.15, 0.2) is 194 Å². The molecule has 0 aliphatic carbocycles. The molecule has 0 aliphatic rings. The van der Waals surface area contributed by atoms with E-state index in [4.69, 9.17) is 15.0 Å². The smallest absolute Gasteiger partial charge is 0.238 e. The lowest BCUT2D eigenvalue weighted by Gasteiger charge is -2.20. The van der Waals surface area contributed by atoms with Gasteiger partial charge in [-0.15, -0.1) is 0 Å². The third kappa shape index (κ3) is 6.44. The van der Waals surface area contributed by atoms with Crippen LogP contribution >= 0.6 is 0 Å². The summed E-state index contributed by atoms with van der Waals surface area (Å²) in [6.45, 7) is 0. The van der Waals surface area contributed by atoms with Gasteiger partial charge in [0.25, 0.3) is 0 Å². The zero-order valence-corrected chi connectivity index (χ0v) is 37.1. The third-order valence-electron chi connectivity index (χ3n) is 13.4. The first-order valence-electron chi connectivity index (χ1n) is 22.5. The first-order valence-corrected chi connectivity index (χ1v) is 22.5. The predicted molar refractivity (Wildman–Crippen MR) is 284 cm³/mol. The topological polar surface area (TPSA) is 89.0 Å². The highest BCUT2D eigenvalue weighted by Crippen LogP contribution is 2.44. The number of phenolic OH excluding ortho intramolecular Hbond substituents is 2. The fourth-order valence-corrected chi connectivity index (χ4v) is 9.94. The summed E-state index contributed by atoms with van der Waals surface area (Å²) in [4.78, 5) is 15.9. The van der Waals surface area contributed by atoms with E-state index in [0.29, 0.717) is 39.5 Å². The maximum absolute atomic E-state index is 11.8. The average molecular weight is 859 g/mol. The van der Waals surface area contributed by atoms with Gasteiger partial charge in [-0.2, -0.15) is 9.97 Å². The van der Waals surface area contributed by atoms with E-state index in [1.54, 1.807) is 0 Å². The number of fused-ring (bicyclic) bond motifs is 7. The van der Waals surface area contributed by atoms with E-state index >= 15 is 0 Å². The van der Waals surface area contributed by atoms with Crippen molar-refractivity contribution >= 4 is 83.5 Å². The number of hydrogen-bond acceptors (Lipinski definition) is 5. The molecule has 0 fully saturated rings. The van der Waals surface area contributed by atoms with Crippen molar-refractivity contribution in [2.75, 3.05) is 0 Å². The van der Waals surface area contributed by atoms with Crippen LogP contribution in [-0.4, -0.2) is 57.8 Å². The molecule has 314 valence electrons. The largest absolute Gasteiger partial charge is 0.509 e. The lowest BCUT2D eigenvalue weighted by atomic mass is 9.72. The molecule has 9 aromatic carbocycles. The van der Waals surface area contributed by atoms with E-state index in [9.17, 15) is 10.2 Å². The predicted octanol–water partition coefficient (Wildman–Crippen LogP) is 8.59. The van der Waals surface area contributed by atoms with Crippen molar-refractivity contribution < 1.29 is 10.2 Å². The Bertz CT molecular complexity index is 3900. The summed E-state index contributed by atoms with van der Waals surface area (Å²) in [5.41, 5.74) is 14.1. The summed E-state index contributed by atoms with van der Waals surface area (Å²) < 4.78 is 4.58. The molecule has 0 amide bonds. The molecule has 67 heavy (non-hydrogen) atoms. The van der Waals surface area contributed by atoms with Gasteiger partial charge >= 0.3 is 0 Å². The van der Waals surface area contributed by atoms with Gasteiger partial charge in [0.15, 0.2) is 11.6 Å². The zero-order valence-electron chi connectivity index (χ0n) is 37.1. The molecule has 0 bridgehead atoms. The van der Waals surface area contributed by atoms with Crippen LogP contribution in [0, 0.1) is 0 Å². The molecule has 10 heteroatoms. The fourth-order valence-electron chi connectivity index (χ4n) is 9.94. The number of aromatic hydroxyl groups is 2. The van der Waals surface area contributed by atoms with Crippen molar-refractivity contribution in [2.24, 2.45) is 0 Å². The number of phenols is 2. The van der Waals surface area contributed by atoms with E-state index in [1.807, 2.05) is 72.1 Å². The molecule has 7 nitrogen and oxygen atoms in total. The first-order chi connectivity index (χ1) is 32.8. The molecule has 0 atom stereocenters. The highest BCUT2D eigenvalue weighted by Gasteiger charge is 2.26. The van der Waals surface area contributed by atoms with Gasteiger partial charge < -0.3 is 14.8 Å². The number of para-hydroxylation sites is 2. The molecule has 0 saturated carbocycles. The normalized spacial score (nSPS) is 11.6. The van der Waals surface area contributed by atoms with Crippen LogP contribution in [0.4, 0.5) is 0 Å². The van der Waals surface area contributed by atoms with Crippen molar-refractivity contribution in [3.8, 4) is 79.3 Å². The molecule has 2 N–H and O–H groups in total. The van der Waals surface area contributed by atoms with Gasteiger partial charge in [0.2, 0.25) is 5.95 Å². The van der Waals surface area contributed by atoms with E-state index < -0.39 is 0 Å². The highest BCUT2D eigenvalue weighted by atomic mass is 16.3. The number of benzene rings is 9. The van der Waals surface area contributed by atoms with E-state index in [1.165, 1.54) is 0 Å². The van der Waals surface area contributed by atoms with Crippen molar-refractivity contribution in [1.29, 1.82) is 0 Å². The van der Waals surface area contributed by atoms with Crippen LogP contribution in [0.5, 0.6) is 11.5 Å². The molecule has 0 unspecified atom stereocenters. The molecular formula is C57H40B3N5O2. The van der Waals surface area contributed by atoms with Crippen LogP contribution in [0.3, 0.4) is 0 Å². The Morgan fingerprint density at radius 2 is 0.866 bits per heavy atom. The van der Waals surface area contributed by atoms with Crippen LogP contribution in [-0.2, 0) is 0 Å². The summed E-state index contributed by atoms with van der Waals surface area (Å²) in [5, 5.41) is 27.4. The monoisotopic (exact) mass is 859 g/mol. The minimum atomic E-state index is 0.158. The average Bonchev–Trinajstić information content (AvgIpc) is 3.91. The Kier molecular flexibility index (Phi) is 9.43. The van der Waals surface area contributed by atoms with Gasteiger partial charge in [-0.3, -0.25) is 4.57 Å². The van der Waals surface area contributed by atoms with Gasteiger partial charge in [0.05, 0.1) is 27.8 Å². The van der Waals surface area contributed by atoms with E-state index in [2.05, 4.69) is 155 Å². The van der Waals surface area contributed by atoms with Crippen molar-refractivity contribution in [3.63, 3.8) is 0 Å². The summed E-state index contributed by atoms with van der Waals surface area (Å²) >= 11 is 0. The Labute approximate surface area is 389 Å². The minimum Gasteiger partial charge on any atom is -0.509 e. The fraction of sp³-hybridized carbons (Fsp3) is 0.